The first kappa shape index (κ1) is 24.0. The highest BCUT2D eigenvalue weighted by atomic mass is 19.3. The molecule has 6 nitrogen and oxygen atoms in total. The van der Waals surface area contributed by atoms with Gasteiger partial charge in [0.1, 0.15) is 11.5 Å². The third-order valence-corrected chi connectivity index (χ3v) is 7.27. The van der Waals surface area contributed by atoms with E-state index in [9.17, 15) is 13.6 Å². The van der Waals surface area contributed by atoms with E-state index in [-0.39, 0.29) is 18.8 Å². The molecule has 2 heterocycles. The smallest absolute Gasteiger partial charge is 0.252 e. The number of amides is 1. The van der Waals surface area contributed by atoms with Crippen LogP contribution in [-0.4, -0.2) is 28.7 Å². The van der Waals surface area contributed by atoms with Crippen molar-refractivity contribution in [3.05, 3.63) is 59.6 Å². The van der Waals surface area contributed by atoms with Crippen molar-refractivity contribution < 1.29 is 22.8 Å². The number of nitrogens with zero attached hydrogens (tertiary/aromatic N) is 2. The summed E-state index contributed by atoms with van der Waals surface area (Å²) in [6, 6.07) is 11.5. The van der Waals surface area contributed by atoms with Crippen molar-refractivity contribution in [1.29, 1.82) is 0 Å². The zero-order valence-electron chi connectivity index (χ0n) is 20.6. The molecule has 2 N–H and O–H groups in total. The molecule has 0 saturated heterocycles. The summed E-state index contributed by atoms with van der Waals surface area (Å²) in [6.45, 7) is 4.45. The van der Waals surface area contributed by atoms with Crippen LogP contribution < -0.4 is 10.5 Å². The largest absolute Gasteiger partial charge is 0.496 e. The van der Waals surface area contributed by atoms with E-state index in [1.54, 1.807) is 6.07 Å². The number of carbonyl (C=O) groups is 1. The van der Waals surface area contributed by atoms with Gasteiger partial charge in [0.25, 0.3) is 5.91 Å². The summed E-state index contributed by atoms with van der Waals surface area (Å²) >= 11 is 0. The lowest BCUT2D eigenvalue weighted by molar-refractivity contribution is -0.0472. The van der Waals surface area contributed by atoms with Gasteiger partial charge in [-0.3, -0.25) is 4.79 Å². The van der Waals surface area contributed by atoms with Crippen molar-refractivity contribution in [2.75, 3.05) is 7.11 Å². The van der Waals surface area contributed by atoms with E-state index in [2.05, 4.69) is 28.1 Å². The summed E-state index contributed by atoms with van der Waals surface area (Å²) in [5.74, 6) is -1.80. The molecule has 1 aliphatic rings. The second-order valence-corrected chi connectivity index (χ2v) is 9.70. The molecular formula is C28H29F2N3O3. The van der Waals surface area contributed by atoms with Gasteiger partial charge >= 0.3 is 0 Å². The number of aromatic nitrogens is 2. The van der Waals surface area contributed by atoms with E-state index < -0.39 is 11.8 Å². The predicted molar refractivity (Wildman–Crippen MR) is 134 cm³/mol. The first-order valence-electron chi connectivity index (χ1n) is 12.1. The van der Waals surface area contributed by atoms with E-state index in [4.69, 9.17) is 15.0 Å². The Balaban J connectivity index is 1.62. The van der Waals surface area contributed by atoms with Gasteiger partial charge in [0.15, 0.2) is 0 Å². The van der Waals surface area contributed by atoms with E-state index >= 15 is 0 Å². The number of rotatable bonds is 6. The highest BCUT2D eigenvalue weighted by molar-refractivity contribution is 6.00. The van der Waals surface area contributed by atoms with Crippen LogP contribution in [0.1, 0.15) is 47.5 Å². The molecule has 0 atom stereocenters. The molecule has 1 fully saturated rings. The highest BCUT2D eigenvalue weighted by Crippen LogP contribution is 2.40. The Morgan fingerprint density at radius 3 is 2.53 bits per heavy atom. The number of primary amides is 1. The number of methoxy groups -OCH3 is 1. The maximum absolute atomic E-state index is 13.8. The number of carbonyl (C=O) groups excluding carboxylic acids is 1. The third-order valence-electron chi connectivity index (χ3n) is 7.27. The number of fused-ring (bicyclic) bond motifs is 1. The number of benzene rings is 2. The topological polar surface area (TPSA) is 83.3 Å². The van der Waals surface area contributed by atoms with Crippen LogP contribution in [0.15, 0.2) is 47.1 Å². The average molecular weight is 494 g/mol. The normalized spacial score (nSPS) is 15.9. The second-order valence-electron chi connectivity index (χ2n) is 9.70. The summed E-state index contributed by atoms with van der Waals surface area (Å²) in [5, 5.41) is 5.11. The maximum Gasteiger partial charge on any atom is 0.252 e. The number of halogens is 2. The molecule has 5 rings (SSSR count). The molecule has 8 heteroatoms. The Morgan fingerprint density at radius 2 is 1.89 bits per heavy atom. The Kier molecular flexibility index (Phi) is 6.06. The van der Waals surface area contributed by atoms with Gasteiger partial charge < -0.3 is 19.6 Å². The van der Waals surface area contributed by atoms with E-state index in [1.165, 1.54) is 7.11 Å². The predicted octanol–water partition coefficient (Wildman–Crippen LogP) is 6.51. The van der Waals surface area contributed by atoms with E-state index in [0.717, 1.165) is 44.6 Å². The van der Waals surface area contributed by atoms with Gasteiger partial charge in [-0.1, -0.05) is 23.4 Å². The molecule has 36 heavy (non-hydrogen) atoms. The fourth-order valence-electron chi connectivity index (χ4n) is 5.35. The van der Waals surface area contributed by atoms with Gasteiger partial charge in [-0.15, -0.1) is 0 Å². The highest BCUT2D eigenvalue weighted by Gasteiger charge is 2.35. The van der Waals surface area contributed by atoms with Crippen molar-refractivity contribution >= 4 is 16.8 Å². The van der Waals surface area contributed by atoms with Crippen molar-refractivity contribution in [2.45, 2.75) is 52.0 Å². The summed E-state index contributed by atoms with van der Waals surface area (Å²) < 4.78 is 40.5. The van der Waals surface area contributed by atoms with Gasteiger partial charge in [0, 0.05) is 47.6 Å². The second kappa shape index (κ2) is 9.08. The third kappa shape index (κ3) is 4.36. The molecule has 0 unspecified atom stereocenters. The number of hydrogen-bond acceptors (Lipinski definition) is 4. The molecule has 0 aliphatic heterocycles. The molecule has 0 spiro atoms. The summed E-state index contributed by atoms with van der Waals surface area (Å²) in [4.78, 5) is 11.8. The summed E-state index contributed by atoms with van der Waals surface area (Å²) in [7, 11) is 1.50. The van der Waals surface area contributed by atoms with Crippen LogP contribution in [0.4, 0.5) is 8.78 Å². The zero-order valence-corrected chi connectivity index (χ0v) is 20.6. The van der Waals surface area contributed by atoms with Crippen molar-refractivity contribution in [3.8, 4) is 28.0 Å². The molecule has 2 aromatic heterocycles. The van der Waals surface area contributed by atoms with Crippen LogP contribution in [0.2, 0.25) is 0 Å². The Morgan fingerprint density at radius 1 is 1.17 bits per heavy atom. The van der Waals surface area contributed by atoms with Gasteiger partial charge in [0.2, 0.25) is 5.92 Å². The SMILES string of the molecule is COc1cc(-c2cn(CC3CCC(F)(F)CC3)c3cc(-c4c(C)noc4C)ccc23)ccc1C(N)=O. The van der Waals surface area contributed by atoms with Crippen LogP contribution in [-0.2, 0) is 6.54 Å². The molecule has 1 saturated carbocycles. The number of ether oxygens (including phenoxy) is 1. The number of aryl methyl sites for hydroxylation is 2. The summed E-state index contributed by atoms with van der Waals surface area (Å²) in [6.07, 6.45) is 2.91. The minimum Gasteiger partial charge on any atom is -0.496 e. The van der Waals surface area contributed by atoms with Crippen LogP contribution in [0, 0.1) is 19.8 Å². The first-order chi connectivity index (χ1) is 17.2. The molecule has 4 aromatic rings. The van der Waals surface area contributed by atoms with Crippen LogP contribution in [0.3, 0.4) is 0 Å². The average Bonchev–Trinajstić information content (AvgIpc) is 3.38. The fourth-order valence-corrected chi connectivity index (χ4v) is 5.35. The van der Waals surface area contributed by atoms with E-state index in [0.29, 0.717) is 30.7 Å². The Bertz CT molecular complexity index is 1420. The fraction of sp³-hybridized carbons (Fsp3) is 0.357. The Labute approximate surface area is 208 Å². The lowest BCUT2D eigenvalue weighted by atomic mass is 9.87. The minimum absolute atomic E-state index is 0.0696. The van der Waals surface area contributed by atoms with Crippen LogP contribution in [0.25, 0.3) is 33.2 Å². The van der Waals surface area contributed by atoms with Gasteiger partial charge in [-0.05, 0) is 61.9 Å². The standard InChI is InChI=1S/C28H29F2N3O3/c1-16-26(17(2)36-32-16)20-5-6-21-23(19-4-7-22(27(31)34)25(13-19)35-3)15-33(24(21)12-20)14-18-8-10-28(29,30)11-9-18/h4-7,12-13,15,18H,8-11,14H2,1-3H3,(H2,31,34). The van der Waals surface area contributed by atoms with Crippen molar-refractivity contribution in [2.24, 2.45) is 11.7 Å². The number of nitrogens with two attached hydrogens (primary N) is 1. The minimum atomic E-state index is -2.56. The monoisotopic (exact) mass is 493 g/mol. The maximum atomic E-state index is 13.8. The number of hydrogen-bond donors (Lipinski definition) is 1. The van der Waals surface area contributed by atoms with Gasteiger partial charge in [0.05, 0.1) is 18.4 Å². The van der Waals surface area contributed by atoms with E-state index in [1.807, 2.05) is 32.0 Å². The molecule has 188 valence electrons. The molecule has 2 aromatic carbocycles. The first-order valence-corrected chi connectivity index (χ1v) is 12.1. The van der Waals surface area contributed by atoms with Gasteiger partial charge in [-0.25, -0.2) is 8.78 Å². The summed E-state index contributed by atoms with van der Waals surface area (Å²) in [5.41, 5.74) is 11.4. The van der Waals surface area contributed by atoms with Gasteiger partial charge in [-0.2, -0.15) is 0 Å². The number of alkyl halides is 2. The molecule has 1 amide bonds. The lowest BCUT2D eigenvalue weighted by Crippen LogP contribution is -2.26. The lowest BCUT2D eigenvalue weighted by Gasteiger charge is -2.28. The van der Waals surface area contributed by atoms with Crippen molar-refractivity contribution in [1.82, 2.24) is 9.72 Å². The molecule has 1 aliphatic carbocycles. The van der Waals surface area contributed by atoms with Crippen molar-refractivity contribution in [3.63, 3.8) is 0 Å². The molecular weight excluding hydrogens is 464 g/mol. The van der Waals surface area contributed by atoms with Crippen LogP contribution >= 0.6 is 0 Å². The molecule has 0 bridgehead atoms. The van der Waals surface area contributed by atoms with Crippen LogP contribution in [0.5, 0.6) is 5.75 Å². The quantitative estimate of drug-likeness (QED) is 0.332. The Hall–Kier alpha value is -3.68. The zero-order chi connectivity index (χ0) is 25.6. The molecule has 0 radical (unpaired) electrons.